The van der Waals surface area contributed by atoms with Crippen molar-refractivity contribution in [2.75, 3.05) is 13.7 Å². The predicted octanol–water partition coefficient (Wildman–Crippen LogP) is 4.35. The molecule has 2 aromatic rings. The molecule has 0 fully saturated rings. The minimum Gasteiger partial charge on any atom is -0.503 e. The van der Waals surface area contributed by atoms with E-state index in [4.69, 9.17) is 21.1 Å². The third kappa shape index (κ3) is 4.27. The van der Waals surface area contributed by atoms with E-state index in [1.807, 2.05) is 6.92 Å². The first-order chi connectivity index (χ1) is 11.0. The Balaban J connectivity index is 2.16. The largest absolute Gasteiger partial charge is 0.503 e. The molecule has 0 saturated carbocycles. The Bertz CT molecular complexity index is 721. The molecule has 0 heterocycles. The quantitative estimate of drug-likeness (QED) is 0.631. The highest BCUT2D eigenvalue weighted by Gasteiger charge is 2.08. The second kappa shape index (κ2) is 7.70. The molecule has 5 heteroatoms. The Labute approximate surface area is 139 Å². The maximum Gasteiger partial charge on any atom is 0.185 e. The van der Waals surface area contributed by atoms with Crippen molar-refractivity contribution >= 4 is 23.5 Å². The topological polar surface area (TPSA) is 55.8 Å². The lowest BCUT2D eigenvalue weighted by atomic mass is 10.1. The van der Waals surface area contributed by atoms with Crippen molar-refractivity contribution in [2.45, 2.75) is 6.92 Å². The number of ketones is 1. The number of hydrogen-bond acceptors (Lipinski definition) is 4. The minimum atomic E-state index is -0.142. The molecule has 0 spiro atoms. The van der Waals surface area contributed by atoms with Crippen LogP contribution in [0.4, 0.5) is 0 Å². The molecule has 1 N–H and O–H groups in total. The molecule has 2 rings (SSSR count). The molecular formula is C18H17ClO4. The van der Waals surface area contributed by atoms with E-state index in [9.17, 15) is 9.90 Å². The molecular weight excluding hydrogens is 316 g/mol. The summed E-state index contributed by atoms with van der Waals surface area (Å²) < 4.78 is 10.4. The van der Waals surface area contributed by atoms with E-state index in [1.54, 1.807) is 42.5 Å². The van der Waals surface area contributed by atoms with Gasteiger partial charge in [-0.2, -0.15) is 0 Å². The molecule has 0 radical (unpaired) electrons. The maximum atomic E-state index is 12.2. The lowest BCUT2D eigenvalue weighted by Crippen LogP contribution is -1.96. The van der Waals surface area contributed by atoms with Crippen LogP contribution < -0.4 is 9.47 Å². The number of aromatic hydroxyl groups is 1. The zero-order chi connectivity index (χ0) is 16.8. The van der Waals surface area contributed by atoms with E-state index in [2.05, 4.69) is 0 Å². The first kappa shape index (κ1) is 16.9. The SMILES string of the molecule is CCOc1ccc(C(=O)/C=C/c2cc(Cl)c(O)c(OC)c2)cc1. The highest BCUT2D eigenvalue weighted by Crippen LogP contribution is 2.35. The normalized spacial score (nSPS) is 10.7. The van der Waals surface area contributed by atoms with Gasteiger partial charge < -0.3 is 14.6 Å². The molecule has 120 valence electrons. The van der Waals surface area contributed by atoms with Crippen molar-refractivity contribution < 1.29 is 19.4 Å². The van der Waals surface area contributed by atoms with Gasteiger partial charge in [-0.15, -0.1) is 0 Å². The number of phenolic OH excluding ortho intramolecular Hbond substituents is 1. The number of rotatable bonds is 6. The molecule has 0 aliphatic carbocycles. The summed E-state index contributed by atoms with van der Waals surface area (Å²) in [5.41, 5.74) is 1.21. The summed E-state index contributed by atoms with van der Waals surface area (Å²) in [6, 6.07) is 10.1. The van der Waals surface area contributed by atoms with Crippen molar-refractivity contribution in [2.24, 2.45) is 0 Å². The average molecular weight is 333 g/mol. The lowest BCUT2D eigenvalue weighted by molar-refractivity contribution is 0.104. The summed E-state index contributed by atoms with van der Waals surface area (Å²) in [4.78, 5) is 12.2. The van der Waals surface area contributed by atoms with E-state index in [1.165, 1.54) is 13.2 Å². The Morgan fingerprint density at radius 1 is 1.26 bits per heavy atom. The molecule has 0 saturated heterocycles. The summed E-state index contributed by atoms with van der Waals surface area (Å²) in [5.74, 6) is 0.717. The van der Waals surface area contributed by atoms with Crippen LogP contribution in [0.2, 0.25) is 5.02 Å². The van der Waals surface area contributed by atoms with E-state index in [-0.39, 0.29) is 22.3 Å². The zero-order valence-corrected chi connectivity index (χ0v) is 13.6. The van der Waals surface area contributed by atoms with Gasteiger partial charge in [0.2, 0.25) is 0 Å². The van der Waals surface area contributed by atoms with Gasteiger partial charge in [0.1, 0.15) is 5.75 Å². The highest BCUT2D eigenvalue weighted by molar-refractivity contribution is 6.32. The minimum absolute atomic E-state index is 0.121. The number of methoxy groups -OCH3 is 1. The fraction of sp³-hybridized carbons (Fsp3) is 0.167. The molecule has 2 aromatic carbocycles. The zero-order valence-electron chi connectivity index (χ0n) is 12.9. The molecule has 23 heavy (non-hydrogen) atoms. The van der Waals surface area contributed by atoms with Gasteiger partial charge in [-0.1, -0.05) is 17.7 Å². The van der Waals surface area contributed by atoms with Crippen LogP contribution in [0.1, 0.15) is 22.8 Å². The second-order valence-electron chi connectivity index (χ2n) is 4.71. The molecule has 0 aliphatic heterocycles. The first-order valence-electron chi connectivity index (χ1n) is 7.07. The summed E-state index contributed by atoms with van der Waals surface area (Å²) in [7, 11) is 1.43. The summed E-state index contributed by atoms with van der Waals surface area (Å²) >= 11 is 5.91. The van der Waals surface area contributed by atoms with Crippen LogP contribution >= 0.6 is 11.6 Å². The smallest absolute Gasteiger partial charge is 0.185 e. The highest BCUT2D eigenvalue weighted by atomic mass is 35.5. The Morgan fingerprint density at radius 3 is 2.57 bits per heavy atom. The number of halogens is 1. The van der Waals surface area contributed by atoms with Gasteiger partial charge in [0.05, 0.1) is 18.7 Å². The Kier molecular flexibility index (Phi) is 5.66. The Morgan fingerprint density at radius 2 is 1.96 bits per heavy atom. The Hall–Kier alpha value is -2.46. The number of benzene rings is 2. The van der Waals surface area contributed by atoms with Crippen molar-refractivity contribution in [3.8, 4) is 17.2 Å². The van der Waals surface area contributed by atoms with Crippen LogP contribution in [-0.2, 0) is 0 Å². The third-order valence-corrected chi connectivity index (χ3v) is 3.44. The van der Waals surface area contributed by atoms with Crippen LogP contribution in [0.25, 0.3) is 6.08 Å². The lowest BCUT2D eigenvalue weighted by Gasteiger charge is -2.06. The number of allylic oxidation sites excluding steroid dienone is 1. The fourth-order valence-electron chi connectivity index (χ4n) is 2.00. The maximum absolute atomic E-state index is 12.2. The van der Waals surface area contributed by atoms with E-state index >= 15 is 0 Å². The summed E-state index contributed by atoms with van der Waals surface area (Å²) in [6.07, 6.45) is 3.06. The average Bonchev–Trinajstić information content (AvgIpc) is 2.56. The molecule has 0 atom stereocenters. The van der Waals surface area contributed by atoms with Gasteiger partial charge in [0, 0.05) is 5.56 Å². The standard InChI is InChI=1S/C18H17ClO4/c1-3-23-14-7-5-13(6-8-14)16(20)9-4-12-10-15(19)18(21)17(11-12)22-2/h4-11,21H,3H2,1-2H3/b9-4+. The summed E-state index contributed by atoms with van der Waals surface area (Å²) in [5, 5.41) is 9.85. The molecule has 0 unspecified atom stereocenters. The van der Waals surface area contributed by atoms with E-state index in [0.717, 1.165) is 5.75 Å². The van der Waals surface area contributed by atoms with Crippen LogP contribution in [-0.4, -0.2) is 24.6 Å². The fourth-order valence-corrected chi connectivity index (χ4v) is 2.21. The van der Waals surface area contributed by atoms with E-state index in [0.29, 0.717) is 17.7 Å². The van der Waals surface area contributed by atoms with E-state index < -0.39 is 0 Å². The van der Waals surface area contributed by atoms with Gasteiger partial charge in [-0.05, 0) is 55.0 Å². The monoisotopic (exact) mass is 332 g/mol. The van der Waals surface area contributed by atoms with Crippen LogP contribution in [0.3, 0.4) is 0 Å². The van der Waals surface area contributed by atoms with Crippen molar-refractivity contribution in [3.63, 3.8) is 0 Å². The van der Waals surface area contributed by atoms with Gasteiger partial charge in [0.25, 0.3) is 0 Å². The second-order valence-corrected chi connectivity index (χ2v) is 5.12. The van der Waals surface area contributed by atoms with Crippen LogP contribution in [0, 0.1) is 0 Å². The van der Waals surface area contributed by atoms with Gasteiger partial charge in [-0.3, -0.25) is 4.79 Å². The predicted molar refractivity (Wildman–Crippen MR) is 90.6 cm³/mol. The van der Waals surface area contributed by atoms with Gasteiger partial charge in [-0.25, -0.2) is 0 Å². The van der Waals surface area contributed by atoms with Crippen molar-refractivity contribution in [3.05, 3.63) is 58.6 Å². The van der Waals surface area contributed by atoms with Gasteiger partial charge in [0.15, 0.2) is 17.3 Å². The number of ether oxygens (including phenoxy) is 2. The van der Waals surface area contributed by atoms with Crippen molar-refractivity contribution in [1.82, 2.24) is 0 Å². The number of phenols is 1. The third-order valence-electron chi connectivity index (χ3n) is 3.15. The van der Waals surface area contributed by atoms with Crippen molar-refractivity contribution in [1.29, 1.82) is 0 Å². The summed E-state index contributed by atoms with van der Waals surface area (Å²) in [6.45, 7) is 2.48. The number of hydrogen-bond donors (Lipinski definition) is 1. The first-order valence-corrected chi connectivity index (χ1v) is 7.44. The molecule has 0 aromatic heterocycles. The number of carbonyl (C=O) groups is 1. The molecule has 0 aliphatic rings. The number of carbonyl (C=O) groups excluding carboxylic acids is 1. The molecule has 0 bridgehead atoms. The van der Waals surface area contributed by atoms with Crippen LogP contribution in [0.5, 0.6) is 17.2 Å². The van der Waals surface area contributed by atoms with Gasteiger partial charge >= 0.3 is 0 Å². The van der Waals surface area contributed by atoms with Crippen LogP contribution in [0.15, 0.2) is 42.5 Å². The molecule has 4 nitrogen and oxygen atoms in total. The molecule has 0 amide bonds.